The quantitative estimate of drug-likeness (QED) is 0.625. The highest BCUT2D eigenvalue weighted by Gasteiger charge is 2.02. The maximum absolute atomic E-state index is 9.28. The predicted octanol–water partition coefficient (Wildman–Crippen LogP) is 2.88. The van der Waals surface area contributed by atoms with E-state index >= 15 is 0 Å². The zero-order valence-corrected chi connectivity index (χ0v) is 8.72. The number of rotatable bonds is 1. The molecule has 0 saturated heterocycles. The van der Waals surface area contributed by atoms with Gasteiger partial charge in [0.25, 0.3) is 0 Å². The van der Waals surface area contributed by atoms with Crippen LogP contribution in [0.25, 0.3) is 21.8 Å². The number of para-hydroxylation sites is 1. The Balaban J connectivity index is 2.46. The minimum absolute atomic E-state index is 0.0529. The van der Waals surface area contributed by atoms with E-state index in [1.807, 2.05) is 42.5 Å². The van der Waals surface area contributed by atoms with Crippen LogP contribution in [0, 0.1) is 0 Å². The van der Waals surface area contributed by atoms with E-state index in [9.17, 15) is 5.11 Å². The van der Waals surface area contributed by atoms with Crippen molar-refractivity contribution in [2.45, 2.75) is 6.61 Å². The Bertz CT molecular complexity index is 661. The number of aliphatic hydroxyl groups excluding tert-OH is 1. The molecule has 0 bridgehead atoms. The number of aliphatic hydroxyl groups is 1. The number of aromatic nitrogens is 1. The molecule has 0 aliphatic rings. The molecule has 1 N–H and O–H groups in total. The third-order valence-corrected chi connectivity index (χ3v) is 2.82. The zero-order valence-electron chi connectivity index (χ0n) is 8.72. The first-order chi connectivity index (χ1) is 7.88. The monoisotopic (exact) mass is 209 g/mol. The van der Waals surface area contributed by atoms with Crippen molar-refractivity contribution in [1.29, 1.82) is 0 Å². The van der Waals surface area contributed by atoms with Crippen molar-refractivity contribution in [3.05, 3.63) is 54.1 Å². The summed E-state index contributed by atoms with van der Waals surface area (Å²) in [7, 11) is 0. The van der Waals surface area contributed by atoms with Crippen molar-refractivity contribution >= 4 is 21.8 Å². The Kier molecular flexibility index (Phi) is 2.08. The fraction of sp³-hybridized carbons (Fsp3) is 0.0714. The zero-order chi connectivity index (χ0) is 11.0. The van der Waals surface area contributed by atoms with Gasteiger partial charge >= 0.3 is 0 Å². The number of hydrogen-bond acceptors (Lipinski definition) is 2. The van der Waals surface area contributed by atoms with Crippen LogP contribution >= 0.6 is 0 Å². The molecule has 0 aliphatic carbocycles. The smallest absolute Gasteiger partial charge is 0.0713 e. The summed E-state index contributed by atoms with van der Waals surface area (Å²) in [6.45, 7) is 0.0529. The standard InChI is InChI=1S/C14H11NO/c16-9-11-5-3-7-14-12(11)8-10-4-1-2-6-13(10)15-14/h1-8,16H,9H2. The molecule has 2 heteroatoms. The first-order valence-corrected chi connectivity index (χ1v) is 5.27. The van der Waals surface area contributed by atoms with Gasteiger partial charge in [0.15, 0.2) is 0 Å². The number of fused-ring (bicyclic) bond motifs is 2. The summed E-state index contributed by atoms with van der Waals surface area (Å²) in [5.41, 5.74) is 2.85. The van der Waals surface area contributed by atoms with Gasteiger partial charge in [0.05, 0.1) is 17.6 Å². The second-order valence-electron chi connectivity index (χ2n) is 3.82. The van der Waals surface area contributed by atoms with Crippen LogP contribution in [-0.2, 0) is 6.61 Å². The molecule has 0 radical (unpaired) electrons. The molecule has 78 valence electrons. The number of nitrogens with zero attached hydrogens (tertiary/aromatic N) is 1. The summed E-state index contributed by atoms with van der Waals surface area (Å²) in [6, 6.07) is 15.9. The van der Waals surface area contributed by atoms with Crippen LogP contribution in [0.15, 0.2) is 48.5 Å². The first-order valence-electron chi connectivity index (χ1n) is 5.27. The first kappa shape index (κ1) is 9.31. The maximum atomic E-state index is 9.28. The molecule has 2 nitrogen and oxygen atoms in total. The average molecular weight is 209 g/mol. The molecule has 3 rings (SSSR count). The molecule has 0 saturated carbocycles. The Labute approximate surface area is 93.2 Å². The van der Waals surface area contributed by atoms with E-state index in [1.165, 1.54) is 0 Å². The van der Waals surface area contributed by atoms with Crippen LogP contribution in [0.3, 0.4) is 0 Å². The van der Waals surface area contributed by atoms with Gasteiger partial charge in [-0.25, -0.2) is 4.98 Å². The molecular weight excluding hydrogens is 198 g/mol. The van der Waals surface area contributed by atoms with E-state index in [-0.39, 0.29) is 6.61 Å². The fourth-order valence-electron chi connectivity index (χ4n) is 2.00. The maximum Gasteiger partial charge on any atom is 0.0713 e. The third kappa shape index (κ3) is 1.35. The number of hydrogen-bond donors (Lipinski definition) is 1. The molecule has 1 aromatic heterocycles. The summed E-state index contributed by atoms with van der Waals surface area (Å²) < 4.78 is 0. The summed E-state index contributed by atoms with van der Waals surface area (Å²) >= 11 is 0. The van der Waals surface area contributed by atoms with Crippen LogP contribution < -0.4 is 0 Å². The van der Waals surface area contributed by atoms with E-state index in [1.54, 1.807) is 0 Å². The van der Waals surface area contributed by atoms with Gasteiger partial charge in [-0.15, -0.1) is 0 Å². The topological polar surface area (TPSA) is 33.1 Å². The normalized spacial score (nSPS) is 11.1. The van der Waals surface area contributed by atoms with Gasteiger partial charge in [0, 0.05) is 10.8 Å². The molecule has 0 spiro atoms. The van der Waals surface area contributed by atoms with Gasteiger partial charge in [-0.2, -0.15) is 0 Å². The molecule has 0 aliphatic heterocycles. The van der Waals surface area contributed by atoms with Crippen LogP contribution in [-0.4, -0.2) is 10.1 Å². The van der Waals surface area contributed by atoms with Gasteiger partial charge in [-0.05, 0) is 23.8 Å². The highest BCUT2D eigenvalue weighted by atomic mass is 16.3. The lowest BCUT2D eigenvalue weighted by atomic mass is 10.1. The van der Waals surface area contributed by atoms with Crippen molar-refractivity contribution in [3.63, 3.8) is 0 Å². The van der Waals surface area contributed by atoms with Crippen LogP contribution in [0.5, 0.6) is 0 Å². The largest absolute Gasteiger partial charge is 0.392 e. The average Bonchev–Trinajstić information content (AvgIpc) is 2.35. The van der Waals surface area contributed by atoms with Gasteiger partial charge in [-0.1, -0.05) is 30.3 Å². The van der Waals surface area contributed by atoms with Crippen LogP contribution in [0.2, 0.25) is 0 Å². The molecular formula is C14H11NO. The predicted molar refractivity (Wildman–Crippen MR) is 65.2 cm³/mol. The SMILES string of the molecule is OCc1cccc2nc3ccccc3cc12. The molecule has 16 heavy (non-hydrogen) atoms. The summed E-state index contributed by atoms with van der Waals surface area (Å²) in [6.07, 6.45) is 0. The second kappa shape index (κ2) is 3.58. The van der Waals surface area contributed by atoms with Crippen molar-refractivity contribution < 1.29 is 5.11 Å². The summed E-state index contributed by atoms with van der Waals surface area (Å²) in [5.74, 6) is 0. The van der Waals surface area contributed by atoms with Gasteiger partial charge in [0.1, 0.15) is 0 Å². The molecule has 0 unspecified atom stereocenters. The minimum atomic E-state index is 0.0529. The third-order valence-electron chi connectivity index (χ3n) is 2.82. The second-order valence-corrected chi connectivity index (χ2v) is 3.82. The van der Waals surface area contributed by atoms with Gasteiger partial charge < -0.3 is 5.11 Å². The molecule has 0 amide bonds. The Morgan fingerprint density at radius 3 is 2.62 bits per heavy atom. The molecule has 2 aromatic carbocycles. The number of pyridine rings is 1. The Morgan fingerprint density at radius 1 is 0.938 bits per heavy atom. The Morgan fingerprint density at radius 2 is 1.75 bits per heavy atom. The minimum Gasteiger partial charge on any atom is -0.392 e. The molecule has 0 fully saturated rings. The van der Waals surface area contributed by atoms with E-state index in [2.05, 4.69) is 11.1 Å². The van der Waals surface area contributed by atoms with E-state index in [4.69, 9.17) is 0 Å². The van der Waals surface area contributed by atoms with Crippen molar-refractivity contribution in [1.82, 2.24) is 4.98 Å². The van der Waals surface area contributed by atoms with Crippen LogP contribution in [0.4, 0.5) is 0 Å². The summed E-state index contributed by atoms with van der Waals surface area (Å²) in [4.78, 5) is 4.58. The lowest BCUT2D eigenvalue weighted by Crippen LogP contribution is -1.88. The van der Waals surface area contributed by atoms with Crippen molar-refractivity contribution in [3.8, 4) is 0 Å². The van der Waals surface area contributed by atoms with E-state index < -0.39 is 0 Å². The van der Waals surface area contributed by atoms with Gasteiger partial charge in [0.2, 0.25) is 0 Å². The molecule has 0 atom stereocenters. The van der Waals surface area contributed by atoms with E-state index in [0.717, 1.165) is 27.4 Å². The highest BCUT2D eigenvalue weighted by Crippen LogP contribution is 2.22. The lowest BCUT2D eigenvalue weighted by molar-refractivity contribution is 0.283. The summed E-state index contributed by atoms with van der Waals surface area (Å²) in [5, 5.41) is 11.4. The number of benzene rings is 2. The van der Waals surface area contributed by atoms with E-state index in [0.29, 0.717) is 0 Å². The lowest BCUT2D eigenvalue weighted by Gasteiger charge is -2.05. The van der Waals surface area contributed by atoms with Crippen molar-refractivity contribution in [2.75, 3.05) is 0 Å². The fourth-order valence-corrected chi connectivity index (χ4v) is 2.00. The Hall–Kier alpha value is -1.93. The molecule has 1 heterocycles. The highest BCUT2D eigenvalue weighted by molar-refractivity contribution is 5.94. The van der Waals surface area contributed by atoms with Crippen molar-refractivity contribution in [2.24, 2.45) is 0 Å². The molecule has 3 aromatic rings. The van der Waals surface area contributed by atoms with Crippen LogP contribution in [0.1, 0.15) is 5.56 Å². The van der Waals surface area contributed by atoms with Gasteiger partial charge in [-0.3, -0.25) is 0 Å².